The second-order valence-corrected chi connectivity index (χ2v) is 11.8. The summed E-state index contributed by atoms with van der Waals surface area (Å²) in [5, 5.41) is 29.1. The van der Waals surface area contributed by atoms with Crippen LogP contribution in [0.2, 0.25) is 0 Å². The lowest BCUT2D eigenvalue weighted by Gasteiger charge is -2.67. The van der Waals surface area contributed by atoms with Gasteiger partial charge in [-0.2, -0.15) is 0 Å². The van der Waals surface area contributed by atoms with Gasteiger partial charge in [-0.3, -0.25) is 4.79 Å². The van der Waals surface area contributed by atoms with Gasteiger partial charge in [0, 0.05) is 76.9 Å². The van der Waals surface area contributed by atoms with Crippen LogP contribution in [-0.2, 0) is 28.5 Å². The molecule has 7 bridgehead atoms. The Morgan fingerprint density at radius 2 is 1.85 bits per heavy atom. The van der Waals surface area contributed by atoms with Gasteiger partial charge in [0.25, 0.3) is 0 Å². The minimum Gasteiger partial charge on any atom is -0.465 e. The monoisotopic (exact) mass is 481 g/mol. The molecule has 0 radical (unpaired) electrons. The molecule has 9 heteroatoms. The largest absolute Gasteiger partial charge is 0.465 e. The molecular formula is C25H39NO8. The predicted octanol–water partition coefficient (Wildman–Crippen LogP) is 0.110. The molecule has 5 saturated carbocycles. The van der Waals surface area contributed by atoms with E-state index >= 15 is 0 Å². The molecule has 6 fully saturated rings. The lowest BCUT2D eigenvalue weighted by atomic mass is 9.43. The Hall–Kier alpha value is -0.810. The zero-order valence-corrected chi connectivity index (χ0v) is 20.8. The topological polar surface area (TPSA) is 116 Å². The Balaban J connectivity index is 1.60. The van der Waals surface area contributed by atoms with Crippen LogP contribution in [0.5, 0.6) is 0 Å². The Morgan fingerprint density at radius 1 is 1.09 bits per heavy atom. The van der Waals surface area contributed by atoms with Crippen molar-refractivity contribution in [3.8, 4) is 0 Å². The van der Waals surface area contributed by atoms with Gasteiger partial charge in [-0.25, -0.2) is 0 Å². The van der Waals surface area contributed by atoms with Gasteiger partial charge in [-0.05, 0) is 25.2 Å². The van der Waals surface area contributed by atoms with Crippen molar-refractivity contribution >= 4 is 5.97 Å². The van der Waals surface area contributed by atoms with E-state index in [1.807, 2.05) is 0 Å². The Kier molecular flexibility index (Phi) is 5.11. The van der Waals surface area contributed by atoms with Crippen molar-refractivity contribution in [2.45, 2.75) is 74.3 Å². The van der Waals surface area contributed by atoms with Crippen LogP contribution in [-0.4, -0.2) is 99.4 Å². The minimum absolute atomic E-state index is 0.0396. The molecular weight excluding hydrogens is 442 g/mol. The van der Waals surface area contributed by atoms with Crippen LogP contribution in [0, 0.1) is 34.5 Å². The number of hydrogen-bond acceptors (Lipinski definition) is 9. The number of ether oxygens (including phenoxy) is 5. The molecule has 1 aliphatic heterocycles. The fourth-order valence-corrected chi connectivity index (χ4v) is 10.6. The van der Waals surface area contributed by atoms with Gasteiger partial charge in [0.15, 0.2) is 0 Å². The Bertz CT molecular complexity index is 872. The van der Waals surface area contributed by atoms with Crippen LogP contribution in [0.1, 0.15) is 32.6 Å². The number of aliphatic hydroxyl groups is 2. The predicted molar refractivity (Wildman–Crippen MR) is 119 cm³/mol. The second kappa shape index (κ2) is 7.37. The van der Waals surface area contributed by atoms with E-state index in [-0.39, 0.29) is 54.6 Å². The molecule has 13 atom stereocenters. The normalized spacial score (nSPS) is 58.6. The van der Waals surface area contributed by atoms with Gasteiger partial charge in [0.2, 0.25) is 0 Å². The summed E-state index contributed by atoms with van der Waals surface area (Å²) in [6.45, 7) is 2.28. The summed E-state index contributed by atoms with van der Waals surface area (Å²) in [5.74, 6) is -0.549. The molecule has 3 N–H and O–H groups in total. The van der Waals surface area contributed by atoms with E-state index in [2.05, 4.69) is 5.32 Å². The van der Waals surface area contributed by atoms with Gasteiger partial charge in [-0.15, -0.1) is 0 Å². The zero-order chi connectivity index (χ0) is 24.3. The van der Waals surface area contributed by atoms with E-state index in [0.29, 0.717) is 13.0 Å². The first-order valence-corrected chi connectivity index (χ1v) is 12.6. The maximum Gasteiger partial charge on any atom is 0.302 e. The third kappa shape index (κ3) is 2.30. The highest BCUT2D eigenvalue weighted by atomic mass is 16.5. The van der Waals surface area contributed by atoms with Crippen LogP contribution in [0.4, 0.5) is 0 Å². The highest BCUT2D eigenvalue weighted by Crippen LogP contribution is 2.79. The quantitative estimate of drug-likeness (QED) is 0.455. The van der Waals surface area contributed by atoms with Crippen molar-refractivity contribution in [1.82, 2.24) is 5.32 Å². The smallest absolute Gasteiger partial charge is 0.302 e. The number of hydrogen-bond donors (Lipinski definition) is 3. The fourth-order valence-electron chi connectivity index (χ4n) is 10.6. The fraction of sp³-hybridized carbons (Fsp3) is 0.960. The molecule has 1 heterocycles. The molecule has 0 aromatic heterocycles. The summed E-state index contributed by atoms with van der Waals surface area (Å²) in [6.07, 6.45) is 1.53. The first-order chi connectivity index (χ1) is 16.2. The number of esters is 1. The highest BCUT2D eigenvalue weighted by Gasteiger charge is 2.90. The Morgan fingerprint density at radius 3 is 2.47 bits per heavy atom. The number of fused-ring (bicyclic) bond motifs is 2. The molecule has 0 aromatic carbocycles. The standard InChI is InChI=1S/C25H39NO8/c1-12(27)34-11-22-7-6-16(31-3)24-14-8-13-15(30-2)9-23(28,17(14)18(13)32-4)25(29,21(24)26-10-22)20(33-5)19(22)24/h13-21,26,28-29H,6-11H2,1-5H3/t13-,14-,15+,16+,17-,18+,19-,20+,21-,22+,23-,24+,25+/m1/s1. The molecule has 192 valence electrons. The number of carbonyl (C=O) groups excluding carboxylic acids is 1. The average Bonchev–Trinajstić information content (AvgIpc) is 3.22. The third-order valence-electron chi connectivity index (χ3n) is 11.3. The number of nitrogens with one attached hydrogen (secondary N) is 1. The molecule has 1 saturated heterocycles. The summed E-state index contributed by atoms with van der Waals surface area (Å²) in [5.41, 5.74) is -3.94. The van der Waals surface area contributed by atoms with Crippen LogP contribution in [0.15, 0.2) is 0 Å². The number of piperidine rings is 1. The van der Waals surface area contributed by atoms with Crippen molar-refractivity contribution in [3.63, 3.8) is 0 Å². The summed E-state index contributed by atoms with van der Waals surface area (Å²) >= 11 is 0. The van der Waals surface area contributed by atoms with E-state index in [0.717, 1.165) is 19.3 Å². The van der Waals surface area contributed by atoms with Gasteiger partial charge in [-0.1, -0.05) is 0 Å². The van der Waals surface area contributed by atoms with E-state index < -0.39 is 34.2 Å². The minimum atomic E-state index is -1.57. The molecule has 6 rings (SSSR count). The molecule has 0 aromatic rings. The lowest BCUT2D eigenvalue weighted by Crippen LogP contribution is -2.81. The summed E-state index contributed by atoms with van der Waals surface area (Å²) in [4.78, 5) is 11.9. The lowest BCUT2D eigenvalue weighted by molar-refractivity contribution is -0.301. The van der Waals surface area contributed by atoms with Crippen molar-refractivity contribution in [1.29, 1.82) is 0 Å². The van der Waals surface area contributed by atoms with Crippen LogP contribution in [0.25, 0.3) is 0 Å². The molecule has 0 amide bonds. The Labute approximate surface area is 200 Å². The van der Waals surface area contributed by atoms with Gasteiger partial charge >= 0.3 is 5.97 Å². The third-order valence-corrected chi connectivity index (χ3v) is 11.3. The maximum atomic E-state index is 12.8. The van der Waals surface area contributed by atoms with Crippen LogP contribution < -0.4 is 5.32 Å². The van der Waals surface area contributed by atoms with Crippen molar-refractivity contribution in [2.24, 2.45) is 34.5 Å². The van der Waals surface area contributed by atoms with E-state index in [9.17, 15) is 15.0 Å². The summed E-state index contributed by atoms with van der Waals surface area (Å²) in [6, 6.07) is -0.413. The van der Waals surface area contributed by atoms with Crippen molar-refractivity contribution in [3.05, 3.63) is 0 Å². The van der Waals surface area contributed by atoms with Crippen molar-refractivity contribution in [2.75, 3.05) is 41.6 Å². The van der Waals surface area contributed by atoms with Gasteiger partial charge in [0.05, 0.1) is 37.1 Å². The van der Waals surface area contributed by atoms with Gasteiger partial charge < -0.3 is 39.2 Å². The first kappa shape index (κ1) is 23.6. The second-order valence-electron chi connectivity index (χ2n) is 11.8. The summed E-state index contributed by atoms with van der Waals surface area (Å²) < 4.78 is 30.0. The van der Waals surface area contributed by atoms with Crippen molar-refractivity contribution < 1.29 is 38.7 Å². The van der Waals surface area contributed by atoms with E-state index in [1.165, 1.54) is 6.92 Å². The number of methoxy groups -OCH3 is 4. The van der Waals surface area contributed by atoms with Gasteiger partial charge in [0.1, 0.15) is 11.2 Å². The van der Waals surface area contributed by atoms with E-state index in [1.54, 1.807) is 28.4 Å². The molecule has 5 aliphatic carbocycles. The number of carbonyl (C=O) groups is 1. The molecule has 6 aliphatic rings. The highest BCUT2D eigenvalue weighted by molar-refractivity contribution is 5.66. The van der Waals surface area contributed by atoms with Crippen LogP contribution in [0.3, 0.4) is 0 Å². The zero-order valence-electron chi connectivity index (χ0n) is 20.8. The average molecular weight is 482 g/mol. The maximum absolute atomic E-state index is 12.8. The molecule has 0 unspecified atom stereocenters. The van der Waals surface area contributed by atoms with E-state index in [4.69, 9.17) is 23.7 Å². The molecule has 9 nitrogen and oxygen atoms in total. The summed E-state index contributed by atoms with van der Waals surface area (Å²) in [7, 11) is 6.75. The molecule has 1 spiro atoms. The first-order valence-electron chi connectivity index (χ1n) is 12.6. The van der Waals surface area contributed by atoms with Crippen LogP contribution >= 0.6 is 0 Å². The number of rotatable bonds is 6. The molecule has 34 heavy (non-hydrogen) atoms. The SMILES string of the molecule is CO[C@H]1[C@@H]2C[C@@H]3[C@H]1[C@](O)(C[C@@H]2OC)[C@@]1(O)[C@@H]2NC[C@]4(COC(C)=O)CC[C@H](OC)[C@]32[C@@H]4[C@@H]1OC.